The molecule has 3 rings (SSSR count). The molecule has 27 heavy (non-hydrogen) atoms. The molecule has 2 aromatic rings. The van der Waals surface area contributed by atoms with Gasteiger partial charge in [0.2, 0.25) is 0 Å². The Morgan fingerprint density at radius 3 is 2.37 bits per heavy atom. The second kappa shape index (κ2) is 8.31. The Morgan fingerprint density at radius 1 is 0.963 bits per heavy atom. The molecular formula is C21H26F3N3. The Hall–Kier alpha value is -2.05. The lowest BCUT2D eigenvalue weighted by molar-refractivity contribution is -0.137. The molecule has 146 valence electrons. The summed E-state index contributed by atoms with van der Waals surface area (Å²) in [5, 5.41) is 3.37. The smallest absolute Gasteiger partial charge is 0.378 e. The van der Waals surface area contributed by atoms with Crippen molar-refractivity contribution in [3.8, 4) is 0 Å². The van der Waals surface area contributed by atoms with Gasteiger partial charge in [-0.3, -0.25) is 4.90 Å². The molecular weight excluding hydrogens is 351 g/mol. The average Bonchev–Trinajstić information content (AvgIpc) is 2.91. The molecule has 0 amide bonds. The summed E-state index contributed by atoms with van der Waals surface area (Å²) < 4.78 is 39.8. The van der Waals surface area contributed by atoms with E-state index >= 15 is 0 Å². The third-order valence-corrected chi connectivity index (χ3v) is 4.99. The van der Waals surface area contributed by atoms with Crippen LogP contribution in [-0.2, 0) is 6.18 Å². The average molecular weight is 377 g/mol. The predicted octanol–water partition coefficient (Wildman–Crippen LogP) is 4.16. The first kappa shape index (κ1) is 19.7. The second-order valence-electron chi connectivity index (χ2n) is 7.15. The minimum absolute atomic E-state index is 0.191. The van der Waals surface area contributed by atoms with Crippen molar-refractivity contribution in [2.45, 2.75) is 18.6 Å². The maximum atomic E-state index is 13.3. The van der Waals surface area contributed by atoms with Crippen LogP contribution in [0.2, 0.25) is 0 Å². The van der Waals surface area contributed by atoms with E-state index in [1.54, 1.807) is 6.07 Å². The maximum absolute atomic E-state index is 13.3. The van der Waals surface area contributed by atoms with Crippen LogP contribution < -0.4 is 10.2 Å². The first-order chi connectivity index (χ1) is 12.9. The normalized spacial score (nSPS) is 17.4. The lowest BCUT2D eigenvalue weighted by Gasteiger charge is -2.32. The highest BCUT2D eigenvalue weighted by Gasteiger charge is 2.32. The van der Waals surface area contributed by atoms with Crippen molar-refractivity contribution in [3.05, 3.63) is 65.2 Å². The van der Waals surface area contributed by atoms with E-state index in [9.17, 15) is 13.2 Å². The summed E-state index contributed by atoms with van der Waals surface area (Å²) >= 11 is 0. The molecule has 1 aliphatic heterocycles. The van der Waals surface area contributed by atoms with Crippen LogP contribution >= 0.6 is 0 Å². The van der Waals surface area contributed by atoms with Crippen LogP contribution in [0.25, 0.3) is 0 Å². The highest BCUT2D eigenvalue weighted by molar-refractivity contribution is 5.48. The zero-order valence-corrected chi connectivity index (χ0v) is 15.8. The van der Waals surface area contributed by atoms with Crippen LogP contribution in [-0.4, -0.2) is 45.2 Å². The Labute approximate surface area is 158 Å². The fraction of sp³-hybridized carbons (Fsp3) is 0.429. The molecule has 1 aliphatic rings. The fourth-order valence-electron chi connectivity index (χ4n) is 3.58. The highest BCUT2D eigenvalue weighted by Crippen LogP contribution is 2.35. The topological polar surface area (TPSA) is 18.5 Å². The molecule has 6 heteroatoms. The number of nitrogens with zero attached hydrogens (tertiary/aromatic N) is 2. The molecule has 3 nitrogen and oxygen atoms in total. The van der Waals surface area contributed by atoms with Gasteiger partial charge in [0, 0.05) is 39.4 Å². The van der Waals surface area contributed by atoms with Crippen molar-refractivity contribution in [1.29, 1.82) is 0 Å². The molecule has 0 bridgehead atoms. The molecule has 0 saturated carbocycles. The molecule has 1 unspecified atom stereocenters. The van der Waals surface area contributed by atoms with Gasteiger partial charge in [-0.2, -0.15) is 13.2 Å². The minimum Gasteiger partial charge on any atom is -0.378 e. The van der Waals surface area contributed by atoms with Gasteiger partial charge < -0.3 is 10.2 Å². The molecule has 1 heterocycles. The van der Waals surface area contributed by atoms with Crippen LogP contribution in [0, 0.1) is 0 Å². The summed E-state index contributed by atoms with van der Waals surface area (Å²) in [5.74, 6) is 0. The van der Waals surface area contributed by atoms with Crippen molar-refractivity contribution in [3.63, 3.8) is 0 Å². The minimum atomic E-state index is -4.34. The summed E-state index contributed by atoms with van der Waals surface area (Å²) in [6.45, 7) is 3.43. The Kier molecular flexibility index (Phi) is 6.07. The Bertz CT molecular complexity index is 733. The van der Waals surface area contributed by atoms with Crippen LogP contribution in [0.5, 0.6) is 0 Å². The molecule has 1 fully saturated rings. The summed E-state index contributed by atoms with van der Waals surface area (Å²) in [7, 11) is 3.94. The van der Waals surface area contributed by atoms with Gasteiger partial charge in [0.1, 0.15) is 0 Å². The molecule has 1 N–H and O–H groups in total. The van der Waals surface area contributed by atoms with Crippen LogP contribution in [0.15, 0.2) is 48.5 Å². The molecule has 1 saturated heterocycles. The first-order valence-electron chi connectivity index (χ1n) is 9.25. The SMILES string of the molecule is CN(C)c1ccc(C(c2cccc(C(F)(F)F)c2)N2CCCNCC2)cc1. The van der Waals surface area contributed by atoms with E-state index in [0.29, 0.717) is 5.56 Å². The molecule has 2 aromatic carbocycles. The Morgan fingerprint density at radius 2 is 1.70 bits per heavy atom. The van der Waals surface area contributed by atoms with Gasteiger partial charge in [-0.05, 0) is 48.4 Å². The standard InChI is InChI=1S/C21H26F3N3/c1-26(2)19-9-7-16(8-10-19)20(27-13-4-11-25-12-14-27)17-5-3-6-18(15-17)21(22,23)24/h3,5-10,15,20,25H,4,11-14H2,1-2H3. The predicted molar refractivity (Wildman–Crippen MR) is 103 cm³/mol. The molecule has 0 spiro atoms. The zero-order valence-electron chi connectivity index (χ0n) is 15.8. The van der Waals surface area contributed by atoms with Crippen molar-refractivity contribution in [2.24, 2.45) is 0 Å². The first-order valence-corrected chi connectivity index (χ1v) is 9.25. The van der Waals surface area contributed by atoms with Gasteiger partial charge >= 0.3 is 6.18 Å². The third kappa shape index (κ3) is 4.82. The van der Waals surface area contributed by atoms with Gasteiger partial charge in [0.05, 0.1) is 11.6 Å². The molecule has 0 aromatic heterocycles. The van der Waals surface area contributed by atoms with Crippen molar-refractivity contribution in [1.82, 2.24) is 10.2 Å². The van der Waals surface area contributed by atoms with Gasteiger partial charge in [-0.1, -0.05) is 24.3 Å². The van der Waals surface area contributed by atoms with Crippen molar-refractivity contribution in [2.75, 3.05) is 45.2 Å². The Balaban J connectivity index is 2.02. The number of halogens is 3. The molecule has 0 aliphatic carbocycles. The van der Waals surface area contributed by atoms with Crippen molar-refractivity contribution >= 4 is 5.69 Å². The fourth-order valence-corrected chi connectivity index (χ4v) is 3.58. The highest BCUT2D eigenvalue weighted by atomic mass is 19.4. The number of hydrogen-bond acceptors (Lipinski definition) is 3. The van der Waals surface area contributed by atoms with Gasteiger partial charge in [0.25, 0.3) is 0 Å². The van der Waals surface area contributed by atoms with E-state index in [0.717, 1.165) is 49.9 Å². The number of hydrogen-bond donors (Lipinski definition) is 1. The van der Waals surface area contributed by atoms with Crippen molar-refractivity contribution < 1.29 is 13.2 Å². The third-order valence-electron chi connectivity index (χ3n) is 4.99. The number of nitrogens with one attached hydrogen (secondary N) is 1. The lowest BCUT2D eigenvalue weighted by Crippen LogP contribution is -2.33. The van der Waals surface area contributed by atoms with E-state index in [1.807, 2.05) is 43.3 Å². The van der Waals surface area contributed by atoms with E-state index in [1.165, 1.54) is 12.1 Å². The molecule has 1 atom stereocenters. The summed E-state index contributed by atoms with van der Waals surface area (Å²) in [5.41, 5.74) is 2.17. The van der Waals surface area contributed by atoms with Gasteiger partial charge in [0.15, 0.2) is 0 Å². The van der Waals surface area contributed by atoms with Gasteiger partial charge in [-0.15, -0.1) is 0 Å². The van der Waals surface area contributed by atoms with E-state index in [-0.39, 0.29) is 6.04 Å². The van der Waals surface area contributed by atoms with Crippen LogP contribution in [0.1, 0.15) is 29.2 Å². The lowest BCUT2D eigenvalue weighted by atomic mass is 9.95. The summed E-state index contributed by atoms with van der Waals surface area (Å²) in [6.07, 6.45) is -3.36. The number of rotatable bonds is 4. The molecule has 0 radical (unpaired) electrons. The van der Waals surface area contributed by atoms with E-state index in [2.05, 4.69) is 10.2 Å². The largest absolute Gasteiger partial charge is 0.416 e. The van der Waals surface area contributed by atoms with E-state index < -0.39 is 11.7 Å². The quantitative estimate of drug-likeness (QED) is 0.863. The maximum Gasteiger partial charge on any atom is 0.416 e. The number of benzene rings is 2. The zero-order chi connectivity index (χ0) is 19.4. The van der Waals surface area contributed by atoms with Gasteiger partial charge in [-0.25, -0.2) is 0 Å². The van der Waals surface area contributed by atoms with Crippen LogP contribution in [0.4, 0.5) is 18.9 Å². The summed E-state index contributed by atoms with van der Waals surface area (Å²) in [6, 6.07) is 13.6. The van der Waals surface area contributed by atoms with Crippen LogP contribution in [0.3, 0.4) is 0 Å². The van der Waals surface area contributed by atoms with E-state index in [4.69, 9.17) is 0 Å². The number of alkyl halides is 3. The monoisotopic (exact) mass is 377 g/mol. The number of anilines is 1. The summed E-state index contributed by atoms with van der Waals surface area (Å²) in [4.78, 5) is 4.29. The second-order valence-corrected chi connectivity index (χ2v) is 7.15.